The molecule has 0 amide bonds. The highest BCUT2D eigenvalue weighted by Gasteiger charge is 2.23. The largest absolute Gasteiger partial charge is 0.508 e. The summed E-state index contributed by atoms with van der Waals surface area (Å²) in [7, 11) is 1.73. The average Bonchev–Trinajstić information content (AvgIpc) is 2.82. The first-order chi connectivity index (χ1) is 9.29. The molecule has 0 bridgehead atoms. The van der Waals surface area contributed by atoms with Gasteiger partial charge in [-0.15, -0.1) is 0 Å². The highest BCUT2D eigenvalue weighted by Crippen LogP contribution is 2.21. The summed E-state index contributed by atoms with van der Waals surface area (Å²) in [5.41, 5.74) is 1.18. The van der Waals surface area contributed by atoms with Gasteiger partial charge >= 0.3 is 0 Å². The van der Waals surface area contributed by atoms with Gasteiger partial charge in [-0.05, 0) is 37.1 Å². The zero-order chi connectivity index (χ0) is 13.5. The van der Waals surface area contributed by atoms with Crippen molar-refractivity contribution in [2.75, 3.05) is 33.4 Å². The third-order valence-electron chi connectivity index (χ3n) is 3.66. The van der Waals surface area contributed by atoms with Crippen LogP contribution in [0, 0.1) is 0 Å². The smallest absolute Gasteiger partial charge is 0.115 e. The van der Waals surface area contributed by atoms with Crippen molar-refractivity contribution in [2.24, 2.45) is 0 Å². The summed E-state index contributed by atoms with van der Waals surface area (Å²) in [6.07, 6.45) is 2.51. The lowest BCUT2D eigenvalue weighted by atomic mass is 10.1. The minimum atomic E-state index is 0.353. The average molecular weight is 264 g/mol. The molecular formula is C15H24N2O2. The van der Waals surface area contributed by atoms with E-state index in [4.69, 9.17) is 4.74 Å². The number of phenols is 1. The summed E-state index contributed by atoms with van der Waals surface area (Å²) in [4.78, 5) is 2.49. The van der Waals surface area contributed by atoms with Crippen molar-refractivity contribution >= 4 is 0 Å². The summed E-state index contributed by atoms with van der Waals surface area (Å²) in [6, 6.07) is 8.16. The van der Waals surface area contributed by atoms with E-state index in [0.717, 1.165) is 32.8 Å². The molecule has 1 aromatic rings. The first-order valence-electron chi connectivity index (χ1n) is 7.01. The van der Waals surface area contributed by atoms with Crippen molar-refractivity contribution < 1.29 is 9.84 Å². The Labute approximate surface area is 115 Å². The summed E-state index contributed by atoms with van der Waals surface area (Å²) in [6.45, 7) is 4.76. The van der Waals surface area contributed by atoms with Gasteiger partial charge in [0.1, 0.15) is 5.75 Å². The van der Waals surface area contributed by atoms with Crippen molar-refractivity contribution in [3.63, 3.8) is 0 Å². The molecule has 1 aromatic carbocycles. The highest BCUT2D eigenvalue weighted by molar-refractivity contribution is 5.27. The molecule has 1 heterocycles. The summed E-state index contributed by atoms with van der Waals surface area (Å²) >= 11 is 0. The minimum absolute atomic E-state index is 0.353. The Kier molecular flexibility index (Phi) is 5.63. The maximum Gasteiger partial charge on any atom is 0.115 e. The van der Waals surface area contributed by atoms with Gasteiger partial charge < -0.3 is 15.2 Å². The van der Waals surface area contributed by atoms with E-state index >= 15 is 0 Å². The van der Waals surface area contributed by atoms with Gasteiger partial charge in [-0.1, -0.05) is 12.1 Å². The molecule has 0 aromatic heterocycles. The summed E-state index contributed by atoms with van der Waals surface area (Å²) < 4.78 is 5.04. The van der Waals surface area contributed by atoms with E-state index < -0.39 is 0 Å². The standard InChI is InChI=1S/C15H24N2O2/c1-19-9-7-16-11-14-5-3-8-17(14)12-13-4-2-6-15(18)10-13/h2,4,6,10,14,16,18H,3,5,7-9,11-12H2,1H3. The molecule has 4 heteroatoms. The normalized spacial score (nSPS) is 19.9. The van der Waals surface area contributed by atoms with Gasteiger partial charge in [-0.2, -0.15) is 0 Å². The zero-order valence-corrected chi connectivity index (χ0v) is 11.6. The first-order valence-corrected chi connectivity index (χ1v) is 7.01. The van der Waals surface area contributed by atoms with Crippen molar-refractivity contribution in [2.45, 2.75) is 25.4 Å². The van der Waals surface area contributed by atoms with Crippen LogP contribution in [0.15, 0.2) is 24.3 Å². The van der Waals surface area contributed by atoms with Gasteiger partial charge in [0, 0.05) is 32.8 Å². The number of benzene rings is 1. The van der Waals surface area contributed by atoms with Crippen LogP contribution in [0.5, 0.6) is 5.75 Å². The first kappa shape index (κ1) is 14.3. The lowest BCUT2D eigenvalue weighted by Crippen LogP contribution is -2.38. The van der Waals surface area contributed by atoms with Gasteiger partial charge in [-0.3, -0.25) is 4.90 Å². The monoisotopic (exact) mass is 264 g/mol. The molecular weight excluding hydrogens is 240 g/mol. The molecule has 0 radical (unpaired) electrons. The second kappa shape index (κ2) is 7.48. The van der Waals surface area contributed by atoms with Crippen molar-refractivity contribution in [3.8, 4) is 5.75 Å². The molecule has 4 nitrogen and oxygen atoms in total. The SMILES string of the molecule is COCCNCC1CCCN1Cc1cccc(O)c1. The lowest BCUT2D eigenvalue weighted by Gasteiger charge is -2.25. The Hall–Kier alpha value is -1.10. The molecule has 0 aliphatic carbocycles. The number of rotatable bonds is 7. The van der Waals surface area contributed by atoms with E-state index in [0.29, 0.717) is 11.8 Å². The molecule has 0 spiro atoms. The number of nitrogens with zero attached hydrogens (tertiary/aromatic N) is 1. The fourth-order valence-electron chi connectivity index (χ4n) is 2.67. The number of likely N-dealkylation sites (tertiary alicyclic amines) is 1. The molecule has 106 valence electrons. The fourth-order valence-corrected chi connectivity index (χ4v) is 2.67. The van der Waals surface area contributed by atoms with Crippen LogP contribution in [0.2, 0.25) is 0 Å². The topological polar surface area (TPSA) is 44.7 Å². The number of ether oxygens (including phenoxy) is 1. The molecule has 1 fully saturated rings. The molecule has 1 aliphatic rings. The Morgan fingerprint density at radius 3 is 3.16 bits per heavy atom. The minimum Gasteiger partial charge on any atom is -0.508 e. The van der Waals surface area contributed by atoms with E-state index in [2.05, 4.69) is 16.3 Å². The van der Waals surface area contributed by atoms with Crippen LogP contribution < -0.4 is 5.32 Å². The molecule has 1 atom stereocenters. The molecule has 2 rings (SSSR count). The number of phenolic OH excluding ortho intramolecular Hbond substituents is 1. The number of aromatic hydroxyl groups is 1. The lowest BCUT2D eigenvalue weighted by molar-refractivity contribution is 0.191. The highest BCUT2D eigenvalue weighted by atomic mass is 16.5. The quantitative estimate of drug-likeness (QED) is 0.734. The molecule has 19 heavy (non-hydrogen) atoms. The molecule has 1 aliphatic heterocycles. The van der Waals surface area contributed by atoms with E-state index in [9.17, 15) is 5.11 Å². The van der Waals surface area contributed by atoms with Crippen LogP contribution in [-0.2, 0) is 11.3 Å². The van der Waals surface area contributed by atoms with E-state index in [-0.39, 0.29) is 0 Å². The Bertz CT molecular complexity index is 384. The van der Waals surface area contributed by atoms with E-state index in [1.165, 1.54) is 18.4 Å². The Morgan fingerprint density at radius 2 is 2.37 bits per heavy atom. The van der Waals surface area contributed by atoms with E-state index in [1.54, 1.807) is 13.2 Å². The molecule has 1 saturated heterocycles. The number of methoxy groups -OCH3 is 1. The third kappa shape index (κ3) is 4.49. The summed E-state index contributed by atoms with van der Waals surface area (Å²) in [5, 5.41) is 12.9. The van der Waals surface area contributed by atoms with Crippen molar-refractivity contribution in [1.29, 1.82) is 0 Å². The predicted octanol–water partition coefficient (Wildman–Crippen LogP) is 1.59. The molecule has 2 N–H and O–H groups in total. The number of nitrogens with one attached hydrogen (secondary N) is 1. The predicted molar refractivity (Wildman–Crippen MR) is 76.3 cm³/mol. The molecule has 1 unspecified atom stereocenters. The second-order valence-corrected chi connectivity index (χ2v) is 5.13. The van der Waals surface area contributed by atoms with Crippen LogP contribution in [0.3, 0.4) is 0 Å². The van der Waals surface area contributed by atoms with Crippen LogP contribution >= 0.6 is 0 Å². The van der Waals surface area contributed by atoms with Gasteiger partial charge in [-0.25, -0.2) is 0 Å². The zero-order valence-electron chi connectivity index (χ0n) is 11.6. The molecule has 0 saturated carbocycles. The van der Waals surface area contributed by atoms with Gasteiger partial charge in [0.2, 0.25) is 0 Å². The van der Waals surface area contributed by atoms with Crippen LogP contribution in [0.1, 0.15) is 18.4 Å². The van der Waals surface area contributed by atoms with Gasteiger partial charge in [0.05, 0.1) is 6.61 Å². The maximum absolute atomic E-state index is 9.51. The van der Waals surface area contributed by atoms with Crippen molar-refractivity contribution in [1.82, 2.24) is 10.2 Å². The third-order valence-corrected chi connectivity index (χ3v) is 3.66. The van der Waals surface area contributed by atoms with Crippen molar-refractivity contribution in [3.05, 3.63) is 29.8 Å². The number of hydrogen-bond donors (Lipinski definition) is 2. The Morgan fingerprint density at radius 1 is 1.47 bits per heavy atom. The fraction of sp³-hybridized carbons (Fsp3) is 0.600. The number of hydrogen-bond acceptors (Lipinski definition) is 4. The van der Waals surface area contributed by atoms with E-state index in [1.807, 2.05) is 12.1 Å². The van der Waals surface area contributed by atoms with Crippen LogP contribution in [0.4, 0.5) is 0 Å². The summed E-state index contributed by atoms with van der Waals surface area (Å²) in [5.74, 6) is 0.353. The van der Waals surface area contributed by atoms with Gasteiger partial charge in [0.15, 0.2) is 0 Å². The van der Waals surface area contributed by atoms with Gasteiger partial charge in [0.25, 0.3) is 0 Å². The maximum atomic E-state index is 9.51. The van der Waals surface area contributed by atoms with Crippen LogP contribution in [0.25, 0.3) is 0 Å². The van der Waals surface area contributed by atoms with Crippen LogP contribution in [-0.4, -0.2) is 49.4 Å². The Balaban J connectivity index is 1.81. The second-order valence-electron chi connectivity index (χ2n) is 5.13.